The number of carbonyl (C=O) groups is 1. The van der Waals surface area contributed by atoms with Crippen LogP contribution in [0.15, 0.2) is 18.2 Å². The van der Waals surface area contributed by atoms with Crippen molar-refractivity contribution in [2.75, 3.05) is 13.7 Å². The van der Waals surface area contributed by atoms with Gasteiger partial charge in [-0.1, -0.05) is 29.3 Å². The molecule has 1 amide bonds. The first-order valence-electron chi connectivity index (χ1n) is 5.86. The van der Waals surface area contributed by atoms with E-state index in [2.05, 4.69) is 37.4 Å². The van der Waals surface area contributed by atoms with Gasteiger partial charge in [0.2, 0.25) is 5.91 Å². The van der Waals surface area contributed by atoms with Crippen molar-refractivity contribution in [1.29, 1.82) is 0 Å². The Bertz CT molecular complexity index is 368. The van der Waals surface area contributed by atoms with Crippen LogP contribution in [0.1, 0.15) is 23.6 Å². The molecule has 0 spiro atoms. The summed E-state index contributed by atoms with van der Waals surface area (Å²) in [4.78, 5) is 11.3. The maximum Gasteiger partial charge on any atom is 0.246 e. The minimum Gasteiger partial charge on any atom is -0.375 e. The maximum atomic E-state index is 11.3. The van der Waals surface area contributed by atoms with Crippen molar-refractivity contribution in [2.24, 2.45) is 0 Å². The van der Waals surface area contributed by atoms with Crippen LogP contribution in [0.2, 0.25) is 0 Å². The van der Waals surface area contributed by atoms with Crippen LogP contribution in [0.3, 0.4) is 0 Å². The van der Waals surface area contributed by atoms with Crippen molar-refractivity contribution in [3.63, 3.8) is 0 Å². The molecule has 0 fully saturated rings. The van der Waals surface area contributed by atoms with Crippen LogP contribution in [-0.4, -0.2) is 25.7 Å². The third-order valence-corrected chi connectivity index (χ3v) is 2.51. The molecule has 1 aromatic carbocycles. The Morgan fingerprint density at radius 1 is 1.29 bits per heavy atom. The molecule has 17 heavy (non-hydrogen) atoms. The quantitative estimate of drug-likeness (QED) is 0.847. The summed E-state index contributed by atoms with van der Waals surface area (Å²) < 4.78 is 4.78. The molecule has 0 saturated heterocycles. The number of carbonyl (C=O) groups excluding carboxylic acids is 1. The van der Waals surface area contributed by atoms with Crippen LogP contribution < -0.4 is 5.32 Å². The van der Waals surface area contributed by atoms with Crippen molar-refractivity contribution in [1.82, 2.24) is 5.32 Å². The van der Waals surface area contributed by atoms with Gasteiger partial charge in [-0.3, -0.25) is 4.79 Å². The molecule has 0 radical (unpaired) electrons. The highest BCUT2D eigenvalue weighted by atomic mass is 16.5. The van der Waals surface area contributed by atoms with Gasteiger partial charge in [-0.25, -0.2) is 0 Å². The molecule has 94 valence electrons. The molecule has 1 aromatic rings. The highest BCUT2D eigenvalue weighted by Crippen LogP contribution is 2.10. The van der Waals surface area contributed by atoms with E-state index in [9.17, 15) is 4.79 Å². The van der Waals surface area contributed by atoms with Crippen LogP contribution in [0.25, 0.3) is 0 Å². The molecule has 1 atom stereocenters. The Morgan fingerprint density at radius 2 is 1.88 bits per heavy atom. The number of rotatable bonds is 5. The van der Waals surface area contributed by atoms with Crippen molar-refractivity contribution in [3.05, 3.63) is 34.9 Å². The van der Waals surface area contributed by atoms with Crippen molar-refractivity contribution < 1.29 is 9.53 Å². The molecular weight excluding hydrogens is 214 g/mol. The maximum absolute atomic E-state index is 11.3. The van der Waals surface area contributed by atoms with E-state index in [1.54, 1.807) is 0 Å². The van der Waals surface area contributed by atoms with Crippen LogP contribution in [0, 0.1) is 13.8 Å². The summed E-state index contributed by atoms with van der Waals surface area (Å²) in [7, 11) is 1.52. The Labute approximate surface area is 103 Å². The molecule has 0 aliphatic rings. The zero-order valence-electron chi connectivity index (χ0n) is 11.0. The Morgan fingerprint density at radius 3 is 2.41 bits per heavy atom. The third-order valence-electron chi connectivity index (χ3n) is 2.51. The first-order chi connectivity index (χ1) is 8.01. The standard InChI is InChI=1S/C14H21NO2/c1-10-5-11(2)7-13(6-10)8-12(3)15-14(16)9-17-4/h5-7,12H,8-9H2,1-4H3,(H,15,16)/t12-/m0/s1. The SMILES string of the molecule is COCC(=O)N[C@@H](C)Cc1cc(C)cc(C)c1. The molecule has 0 heterocycles. The molecule has 0 aliphatic carbocycles. The minimum atomic E-state index is -0.0654. The van der Waals surface area contributed by atoms with E-state index in [4.69, 9.17) is 4.74 Å². The second kappa shape index (κ2) is 6.40. The first-order valence-corrected chi connectivity index (χ1v) is 5.86. The Kier molecular flexibility index (Phi) is 5.16. The largest absolute Gasteiger partial charge is 0.375 e. The van der Waals surface area contributed by atoms with E-state index in [1.807, 2.05) is 6.92 Å². The lowest BCUT2D eigenvalue weighted by atomic mass is 10.0. The lowest BCUT2D eigenvalue weighted by Gasteiger charge is -2.14. The summed E-state index contributed by atoms with van der Waals surface area (Å²) >= 11 is 0. The van der Waals surface area contributed by atoms with Crippen molar-refractivity contribution >= 4 is 5.91 Å². The van der Waals surface area contributed by atoms with Crippen molar-refractivity contribution in [2.45, 2.75) is 33.2 Å². The lowest BCUT2D eigenvalue weighted by Crippen LogP contribution is -2.36. The molecule has 0 aliphatic heterocycles. The number of hydrogen-bond acceptors (Lipinski definition) is 2. The topological polar surface area (TPSA) is 38.3 Å². The normalized spacial score (nSPS) is 12.2. The number of hydrogen-bond donors (Lipinski definition) is 1. The minimum absolute atomic E-state index is 0.0654. The molecule has 3 heteroatoms. The van der Waals surface area contributed by atoms with E-state index in [0.717, 1.165) is 6.42 Å². The molecule has 0 saturated carbocycles. The summed E-state index contributed by atoms with van der Waals surface area (Å²) in [6.45, 7) is 6.30. The fraction of sp³-hybridized carbons (Fsp3) is 0.500. The van der Waals surface area contributed by atoms with Crippen LogP contribution in [0.5, 0.6) is 0 Å². The van der Waals surface area contributed by atoms with Gasteiger partial charge < -0.3 is 10.1 Å². The number of ether oxygens (including phenoxy) is 1. The van der Waals surface area contributed by atoms with Gasteiger partial charge >= 0.3 is 0 Å². The molecule has 3 nitrogen and oxygen atoms in total. The Balaban J connectivity index is 2.55. The van der Waals surface area contributed by atoms with Crippen molar-refractivity contribution in [3.8, 4) is 0 Å². The summed E-state index contributed by atoms with van der Waals surface area (Å²) in [5.74, 6) is -0.0654. The number of amides is 1. The first kappa shape index (κ1) is 13.7. The number of aryl methyl sites for hydroxylation is 2. The summed E-state index contributed by atoms with van der Waals surface area (Å²) in [5, 5.41) is 2.90. The predicted molar refractivity (Wildman–Crippen MR) is 69.1 cm³/mol. The predicted octanol–water partition coefficient (Wildman–Crippen LogP) is 2.00. The van der Waals surface area contributed by atoms with Gasteiger partial charge in [-0.05, 0) is 32.8 Å². The average Bonchev–Trinajstić information content (AvgIpc) is 2.14. The summed E-state index contributed by atoms with van der Waals surface area (Å²) in [6.07, 6.45) is 0.845. The van der Waals surface area contributed by atoms with Gasteiger partial charge in [0.1, 0.15) is 6.61 Å². The fourth-order valence-electron chi connectivity index (χ4n) is 2.04. The molecule has 0 unspecified atom stereocenters. The van der Waals surface area contributed by atoms with E-state index in [0.29, 0.717) is 0 Å². The van der Waals surface area contributed by atoms with Gasteiger partial charge in [-0.2, -0.15) is 0 Å². The third kappa shape index (κ3) is 5.00. The van der Waals surface area contributed by atoms with Crippen LogP contribution >= 0.6 is 0 Å². The zero-order chi connectivity index (χ0) is 12.8. The number of nitrogens with one attached hydrogen (secondary N) is 1. The van der Waals surface area contributed by atoms with E-state index in [1.165, 1.54) is 23.8 Å². The van der Waals surface area contributed by atoms with Gasteiger partial charge in [0.15, 0.2) is 0 Å². The van der Waals surface area contributed by atoms with Crippen LogP contribution in [0.4, 0.5) is 0 Å². The van der Waals surface area contributed by atoms with Gasteiger partial charge in [-0.15, -0.1) is 0 Å². The molecule has 1 N–H and O–H groups in total. The summed E-state index contributed by atoms with van der Waals surface area (Å²) in [5.41, 5.74) is 3.78. The molecule has 0 bridgehead atoms. The molecule has 0 aromatic heterocycles. The summed E-state index contributed by atoms with van der Waals surface area (Å²) in [6, 6.07) is 6.59. The molecule has 1 rings (SSSR count). The van der Waals surface area contributed by atoms with Gasteiger partial charge in [0, 0.05) is 13.2 Å². The molecular formula is C14H21NO2. The highest BCUT2D eigenvalue weighted by Gasteiger charge is 2.08. The zero-order valence-corrected chi connectivity index (χ0v) is 11.0. The fourth-order valence-corrected chi connectivity index (χ4v) is 2.04. The van der Waals surface area contributed by atoms with Gasteiger partial charge in [0.25, 0.3) is 0 Å². The second-order valence-corrected chi connectivity index (χ2v) is 4.60. The smallest absolute Gasteiger partial charge is 0.246 e. The second-order valence-electron chi connectivity index (χ2n) is 4.60. The van der Waals surface area contributed by atoms with Crippen LogP contribution in [-0.2, 0) is 16.0 Å². The van der Waals surface area contributed by atoms with E-state index in [-0.39, 0.29) is 18.6 Å². The monoisotopic (exact) mass is 235 g/mol. The number of benzene rings is 1. The van der Waals surface area contributed by atoms with E-state index >= 15 is 0 Å². The highest BCUT2D eigenvalue weighted by molar-refractivity contribution is 5.77. The Hall–Kier alpha value is -1.35. The van der Waals surface area contributed by atoms with Gasteiger partial charge in [0.05, 0.1) is 0 Å². The number of methoxy groups -OCH3 is 1. The average molecular weight is 235 g/mol. The van der Waals surface area contributed by atoms with E-state index < -0.39 is 0 Å². The lowest BCUT2D eigenvalue weighted by molar-refractivity contribution is -0.125.